The van der Waals surface area contributed by atoms with Crippen LogP contribution in [-0.2, 0) is 6.42 Å². The molecule has 2 nitrogen and oxygen atoms in total. The Bertz CT molecular complexity index is 421. The minimum atomic E-state index is -0.151. The summed E-state index contributed by atoms with van der Waals surface area (Å²) in [4.78, 5) is 2.48. The predicted molar refractivity (Wildman–Crippen MR) is 77.6 cm³/mol. The zero-order chi connectivity index (χ0) is 13.9. The number of hydrogen-bond acceptors (Lipinski definition) is 2. The van der Waals surface area contributed by atoms with Crippen LogP contribution in [-0.4, -0.2) is 29.6 Å². The van der Waals surface area contributed by atoms with Gasteiger partial charge in [-0.1, -0.05) is 24.6 Å². The van der Waals surface area contributed by atoms with Crippen LogP contribution in [0.3, 0.4) is 0 Å². The van der Waals surface area contributed by atoms with Crippen LogP contribution in [0.1, 0.15) is 38.7 Å². The first-order valence-corrected chi connectivity index (χ1v) is 7.27. The molecule has 0 bridgehead atoms. The Hall–Kier alpha value is -0.930. The summed E-state index contributed by atoms with van der Waals surface area (Å²) in [6.45, 7) is 6.06. The van der Waals surface area contributed by atoms with E-state index in [4.69, 9.17) is 5.73 Å². The quantitative estimate of drug-likeness (QED) is 0.906. The number of hydrogen-bond donors (Lipinski definition) is 1. The first-order valence-electron chi connectivity index (χ1n) is 7.27. The number of likely N-dealkylation sites (tertiary alicyclic amines) is 1. The topological polar surface area (TPSA) is 29.3 Å². The smallest absolute Gasteiger partial charge is 0.126 e. The van der Waals surface area contributed by atoms with Gasteiger partial charge in [0.2, 0.25) is 0 Å². The molecule has 0 saturated carbocycles. The van der Waals surface area contributed by atoms with E-state index in [-0.39, 0.29) is 11.4 Å². The third-order valence-corrected chi connectivity index (χ3v) is 4.47. The maximum absolute atomic E-state index is 13.9. The van der Waals surface area contributed by atoms with Crippen LogP contribution in [0.5, 0.6) is 0 Å². The molecule has 0 amide bonds. The maximum Gasteiger partial charge on any atom is 0.126 e. The van der Waals surface area contributed by atoms with Crippen molar-refractivity contribution in [1.29, 1.82) is 0 Å². The van der Waals surface area contributed by atoms with E-state index in [1.807, 2.05) is 12.1 Å². The van der Waals surface area contributed by atoms with Crippen molar-refractivity contribution < 1.29 is 4.39 Å². The summed E-state index contributed by atoms with van der Waals surface area (Å²) in [5.74, 6) is -0.119. The van der Waals surface area contributed by atoms with Crippen LogP contribution in [0.15, 0.2) is 24.3 Å². The molecule has 1 aromatic rings. The molecule has 3 heteroatoms. The second-order valence-electron chi connectivity index (χ2n) is 6.01. The second kappa shape index (κ2) is 6.02. The van der Waals surface area contributed by atoms with Gasteiger partial charge in [0.25, 0.3) is 0 Å². The number of benzene rings is 1. The average Bonchev–Trinajstić information content (AvgIpc) is 2.42. The average molecular weight is 264 g/mol. The molecule has 1 fully saturated rings. The molecule has 0 radical (unpaired) electrons. The summed E-state index contributed by atoms with van der Waals surface area (Å²) < 4.78 is 13.9. The van der Waals surface area contributed by atoms with E-state index < -0.39 is 0 Å². The zero-order valence-corrected chi connectivity index (χ0v) is 12.0. The lowest BCUT2D eigenvalue weighted by Gasteiger charge is -2.47. The van der Waals surface area contributed by atoms with Crippen molar-refractivity contribution in [3.8, 4) is 0 Å². The van der Waals surface area contributed by atoms with Gasteiger partial charge in [0.1, 0.15) is 5.82 Å². The monoisotopic (exact) mass is 264 g/mol. The highest BCUT2D eigenvalue weighted by Gasteiger charge is 2.35. The first-order chi connectivity index (χ1) is 9.07. The molecule has 1 aliphatic heterocycles. The van der Waals surface area contributed by atoms with Crippen molar-refractivity contribution in [2.24, 2.45) is 5.73 Å². The number of halogens is 1. The molecule has 1 heterocycles. The molecular formula is C16H25FN2. The van der Waals surface area contributed by atoms with Crippen molar-refractivity contribution in [1.82, 2.24) is 4.90 Å². The normalized spacial score (nSPS) is 24.1. The highest BCUT2D eigenvalue weighted by atomic mass is 19.1. The molecule has 2 unspecified atom stereocenters. The van der Waals surface area contributed by atoms with Gasteiger partial charge >= 0.3 is 0 Å². The number of piperidine rings is 1. The Morgan fingerprint density at radius 3 is 2.74 bits per heavy atom. The highest BCUT2D eigenvalue weighted by molar-refractivity contribution is 5.20. The molecule has 0 aromatic heterocycles. The van der Waals surface area contributed by atoms with E-state index in [9.17, 15) is 4.39 Å². The lowest BCUT2D eigenvalue weighted by molar-refractivity contribution is 0.0413. The van der Waals surface area contributed by atoms with Crippen molar-refractivity contribution >= 4 is 0 Å². The molecule has 2 atom stereocenters. The van der Waals surface area contributed by atoms with Crippen molar-refractivity contribution in [2.75, 3.05) is 13.1 Å². The molecule has 19 heavy (non-hydrogen) atoms. The van der Waals surface area contributed by atoms with Gasteiger partial charge in [-0.25, -0.2) is 4.39 Å². The van der Waals surface area contributed by atoms with Crippen LogP contribution in [0.4, 0.5) is 4.39 Å². The van der Waals surface area contributed by atoms with E-state index in [2.05, 4.69) is 18.7 Å². The Kier molecular flexibility index (Phi) is 4.58. The molecule has 2 rings (SSSR count). The van der Waals surface area contributed by atoms with Crippen molar-refractivity contribution in [3.05, 3.63) is 35.6 Å². The third-order valence-electron chi connectivity index (χ3n) is 4.47. The van der Waals surface area contributed by atoms with Crippen LogP contribution in [0.25, 0.3) is 0 Å². The summed E-state index contributed by atoms with van der Waals surface area (Å²) in [5, 5.41) is 0. The number of nitrogens with zero attached hydrogens (tertiary/aromatic N) is 1. The lowest BCUT2D eigenvalue weighted by Crippen LogP contribution is -2.58. The van der Waals surface area contributed by atoms with E-state index in [1.54, 1.807) is 6.07 Å². The second-order valence-corrected chi connectivity index (χ2v) is 6.01. The summed E-state index contributed by atoms with van der Waals surface area (Å²) in [5.41, 5.74) is 6.65. The van der Waals surface area contributed by atoms with E-state index in [1.165, 1.54) is 25.3 Å². The fourth-order valence-electron chi connectivity index (χ4n) is 3.24. The van der Waals surface area contributed by atoms with E-state index in [0.717, 1.165) is 12.1 Å². The minimum Gasteiger partial charge on any atom is -0.329 e. The van der Waals surface area contributed by atoms with Crippen molar-refractivity contribution in [3.63, 3.8) is 0 Å². The molecule has 1 saturated heterocycles. The Morgan fingerprint density at radius 2 is 2.11 bits per heavy atom. The first kappa shape index (κ1) is 14.5. The van der Waals surface area contributed by atoms with Gasteiger partial charge in [0, 0.05) is 18.1 Å². The lowest BCUT2D eigenvalue weighted by atomic mass is 9.86. The third kappa shape index (κ3) is 3.15. The van der Waals surface area contributed by atoms with Gasteiger partial charge in [-0.15, -0.1) is 0 Å². The van der Waals surface area contributed by atoms with Gasteiger partial charge in [-0.2, -0.15) is 0 Å². The minimum absolute atomic E-state index is 0.119. The molecule has 1 aromatic carbocycles. The standard InChI is InChI=1S/C16H25FN2/c1-13-7-5-6-10-19(13)16(2,12-18)11-14-8-3-4-9-15(14)17/h3-4,8-9,13H,5-7,10-12,18H2,1-2H3. The van der Waals surface area contributed by atoms with E-state index >= 15 is 0 Å². The van der Waals surface area contributed by atoms with Crippen LogP contribution < -0.4 is 5.73 Å². The fraction of sp³-hybridized carbons (Fsp3) is 0.625. The van der Waals surface area contributed by atoms with Gasteiger partial charge in [-0.3, -0.25) is 4.90 Å². The van der Waals surface area contributed by atoms with Crippen LogP contribution >= 0.6 is 0 Å². The van der Waals surface area contributed by atoms with Gasteiger partial charge in [-0.05, 0) is 51.3 Å². The number of rotatable bonds is 4. The maximum atomic E-state index is 13.9. The summed E-state index contributed by atoms with van der Waals surface area (Å²) in [6, 6.07) is 7.58. The van der Waals surface area contributed by atoms with Gasteiger partial charge in [0.05, 0.1) is 0 Å². The molecule has 0 spiro atoms. The Labute approximate surface area is 115 Å². The molecule has 2 N–H and O–H groups in total. The SMILES string of the molecule is CC1CCCCN1C(C)(CN)Cc1ccccc1F. The zero-order valence-electron chi connectivity index (χ0n) is 12.0. The Morgan fingerprint density at radius 1 is 1.37 bits per heavy atom. The van der Waals surface area contributed by atoms with Crippen LogP contribution in [0.2, 0.25) is 0 Å². The molecule has 0 aliphatic carbocycles. The van der Waals surface area contributed by atoms with Crippen molar-refractivity contribution in [2.45, 2.75) is 51.1 Å². The summed E-state index contributed by atoms with van der Waals surface area (Å²) >= 11 is 0. The summed E-state index contributed by atoms with van der Waals surface area (Å²) in [6.07, 6.45) is 4.41. The summed E-state index contributed by atoms with van der Waals surface area (Å²) in [7, 11) is 0. The molecule has 1 aliphatic rings. The highest BCUT2D eigenvalue weighted by Crippen LogP contribution is 2.28. The van der Waals surface area contributed by atoms with Gasteiger partial charge < -0.3 is 5.73 Å². The van der Waals surface area contributed by atoms with Gasteiger partial charge in [0.15, 0.2) is 0 Å². The fourth-order valence-corrected chi connectivity index (χ4v) is 3.24. The molecule has 106 valence electrons. The van der Waals surface area contributed by atoms with Crippen LogP contribution in [0, 0.1) is 5.82 Å². The largest absolute Gasteiger partial charge is 0.329 e. The molecular weight excluding hydrogens is 239 g/mol. The Balaban J connectivity index is 2.20. The number of nitrogens with two attached hydrogens (primary N) is 1. The van der Waals surface area contributed by atoms with E-state index in [0.29, 0.717) is 19.0 Å². The predicted octanol–water partition coefficient (Wildman–Crippen LogP) is 2.96.